The molecule has 2 heterocycles. The monoisotopic (exact) mass is 198 g/mol. The van der Waals surface area contributed by atoms with E-state index in [1.54, 1.807) is 0 Å². The van der Waals surface area contributed by atoms with Crippen molar-refractivity contribution in [3.8, 4) is 0 Å². The van der Waals surface area contributed by atoms with Crippen molar-refractivity contribution in [3.63, 3.8) is 0 Å². The highest BCUT2D eigenvalue weighted by atomic mass is 32.1. The van der Waals surface area contributed by atoms with Crippen LogP contribution < -0.4 is 5.32 Å². The molecule has 3 nitrogen and oxygen atoms in total. The third kappa shape index (κ3) is 1.75. The zero-order valence-electron chi connectivity index (χ0n) is 7.91. The highest BCUT2D eigenvalue weighted by Gasteiger charge is 2.35. The molecule has 1 aromatic heterocycles. The van der Waals surface area contributed by atoms with Crippen LogP contribution in [0.25, 0.3) is 0 Å². The van der Waals surface area contributed by atoms with Gasteiger partial charge in [-0.3, -0.25) is 0 Å². The zero-order chi connectivity index (χ0) is 9.31. The maximum absolute atomic E-state index is 5.70. The number of nitrogens with zero attached hydrogens (tertiary/aromatic N) is 1. The third-order valence-corrected chi connectivity index (χ3v) is 2.95. The molecule has 13 heavy (non-hydrogen) atoms. The number of morpholine rings is 1. The summed E-state index contributed by atoms with van der Waals surface area (Å²) in [6, 6.07) is 2.28. The lowest BCUT2D eigenvalue weighted by Crippen LogP contribution is -2.48. The molecular formula is C9H14N2OS. The first-order valence-electron chi connectivity index (χ1n) is 4.48. The summed E-state index contributed by atoms with van der Waals surface area (Å²) in [4.78, 5) is 0. The quantitative estimate of drug-likeness (QED) is 0.744. The Bertz CT molecular complexity index is 271. The Hall–Kier alpha value is -0.450. The maximum Gasteiger partial charge on any atom is 0.0836 e. The van der Waals surface area contributed by atoms with Gasteiger partial charge < -0.3 is 10.1 Å². The van der Waals surface area contributed by atoms with Gasteiger partial charge in [0.05, 0.1) is 23.9 Å². The molecule has 2 rings (SSSR count). The molecule has 1 saturated heterocycles. The molecule has 1 aromatic rings. The molecule has 1 aliphatic heterocycles. The Kier molecular flexibility index (Phi) is 2.36. The molecular weight excluding hydrogens is 184 g/mol. The number of aromatic nitrogens is 1. The molecule has 0 radical (unpaired) electrons. The number of hydrogen-bond donors (Lipinski definition) is 1. The van der Waals surface area contributed by atoms with Gasteiger partial charge in [0.1, 0.15) is 0 Å². The largest absolute Gasteiger partial charge is 0.372 e. The van der Waals surface area contributed by atoms with Crippen LogP contribution in [0.1, 0.15) is 25.6 Å². The summed E-state index contributed by atoms with van der Waals surface area (Å²) in [5.41, 5.74) is 0.946. The van der Waals surface area contributed by atoms with E-state index < -0.39 is 0 Å². The third-order valence-electron chi connectivity index (χ3n) is 2.37. The molecule has 0 aliphatic carbocycles. The molecule has 72 valence electrons. The fraction of sp³-hybridized carbons (Fsp3) is 0.667. The van der Waals surface area contributed by atoms with Gasteiger partial charge in [-0.05, 0) is 31.4 Å². The Labute approximate surface area is 82.3 Å². The Morgan fingerprint density at radius 2 is 2.54 bits per heavy atom. The predicted molar refractivity (Wildman–Crippen MR) is 52.9 cm³/mol. The van der Waals surface area contributed by atoms with E-state index in [2.05, 4.69) is 29.6 Å². The maximum atomic E-state index is 5.70. The van der Waals surface area contributed by atoms with Crippen molar-refractivity contribution in [2.45, 2.75) is 25.5 Å². The number of nitrogens with one attached hydrogen (secondary N) is 1. The van der Waals surface area contributed by atoms with Crippen molar-refractivity contribution < 1.29 is 4.74 Å². The summed E-state index contributed by atoms with van der Waals surface area (Å²) in [5.74, 6) is 0. The fourth-order valence-electron chi connectivity index (χ4n) is 1.68. The van der Waals surface area contributed by atoms with E-state index in [9.17, 15) is 0 Å². The second kappa shape index (κ2) is 3.36. The summed E-state index contributed by atoms with van der Waals surface area (Å²) in [6.07, 6.45) is 0. The molecule has 0 saturated carbocycles. The van der Waals surface area contributed by atoms with E-state index in [0.717, 1.165) is 18.8 Å². The van der Waals surface area contributed by atoms with E-state index in [-0.39, 0.29) is 11.6 Å². The molecule has 0 spiro atoms. The van der Waals surface area contributed by atoms with Gasteiger partial charge in [0.2, 0.25) is 0 Å². The molecule has 1 atom stereocenters. The van der Waals surface area contributed by atoms with Crippen molar-refractivity contribution in [3.05, 3.63) is 17.1 Å². The molecule has 0 amide bonds. The zero-order valence-corrected chi connectivity index (χ0v) is 8.73. The molecule has 1 aliphatic rings. The lowest BCUT2D eigenvalue weighted by atomic mass is 9.94. The molecule has 0 bridgehead atoms. The SMILES string of the molecule is CC1(C)OCCNC1c1ccsn1. The molecule has 0 aromatic carbocycles. The lowest BCUT2D eigenvalue weighted by molar-refractivity contribution is -0.0730. The summed E-state index contributed by atoms with van der Waals surface area (Å²) in [6.45, 7) is 5.89. The van der Waals surface area contributed by atoms with Crippen LogP contribution in [0.4, 0.5) is 0 Å². The van der Waals surface area contributed by atoms with Crippen molar-refractivity contribution in [2.24, 2.45) is 0 Å². The average molecular weight is 198 g/mol. The van der Waals surface area contributed by atoms with Gasteiger partial charge in [0, 0.05) is 11.9 Å². The average Bonchev–Trinajstić information content (AvgIpc) is 2.55. The summed E-state index contributed by atoms with van der Waals surface area (Å²) >= 11 is 1.49. The lowest BCUT2D eigenvalue weighted by Gasteiger charge is -2.38. The van der Waals surface area contributed by atoms with Crippen molar-refractivity contribution >= 4 is 11.5 Å². The minimum absolute atomic E-state index is 0.147. The Balaban J connectivity index is 2.21. The van der Waals surface area contributed by atoms with E-state index in [1.807, 2.05) is 5.38 Å². The summed E-state index contributed by atoms with van der Waals surface area (Å²) in [7, 11) is 0. The van der Waals surface area contributed by atoms with Gasteiger partial charge in [0.25, 0.3) is 0 Å². The van der Waals surface area contributed by atoms with Gasteiger partial charge in [-0.25, -0.2) is 0 Å². The van der Waals surface area contributed by atoms with Crippen LogP contribution in [0.2, 0.25) is 0 Å². The normalized spacial score (nSPS) is 27.4. The van der Waals surface area contributed by atoms with Crippen molar-refractivity contribution in [2.75, 3.05) is 13.2 Å². The first-order valence-corrected chi connectivity index (χ1v) is 5.31. The van der Waals surface area contributed by atoms with E-state index in [1.165, 1.54) is 11.5 Å². The van der Waals surface area contributed by atoms with Crippen LogP contribution in [0.3, 0.4) is 0 Å². The van der Waals surface area contributed by atoms with Crippen LogP contribution in [-0.4, -0.2) is 23.1 Å². The van der Waals surface area contributed by atoms with Crippen LogP contribution in [0, 0.1) is 0 Å². The van der Waals surface area contributed by atoms with E-state index in [0.29, 0.717) is 0 Å². The number of hydrogen-bond acceptors (Lipinski definition) is 4. The Morgan fingerprint density at radius 1 is 1.69 bits per heavy atom. The van der Waals surface area contributed by atoms with E-state index in [4.69, 9.17) is 4.74 Å². The fourth-order valence-corrected chi connectivity index (χ4v) is 2.23. The predicted octanol–water partition coefficient (Wildman–Crippen LogP) is 1.58. The minimum Gasteiger partial charge on any atom is -0.372 e. The van der Waals surface area contributed by atoms with Gasteiger partial charge in [0.15, 0.2) is 0 Å². The van der Waals surface area contributed by atoms with Gasteiger partial charge in [-0.15, -0.1) is 0 Å². The van der Waals surface area contributed by atoms with Gasteiger partial charge in [-0.2, -0.15) is 4.37 Å². The van der Waals surface area contributed by atoms with Crippen molar-refractivity contribution in [1.29, 1.82) is 0 Å². The summed E-state index contributed by atoms with van der Waals surface area (Å²) < 4.78 is 10.0. The van der Waals surface area contributed by atoms with Gasteiger partial charge >= 0.3 is 0 Å². The number of ether oxygens (including phenoxy) is 1. The minimum atomic E-state index is -0.147. The Morgan fingerprint density at radius 3 is 3.15 bits per heavy atom. The smallest absolute Gasteiger partial charge is 0.0836 e. The second-order valence-electron chi connectivity index (χ2n) is 3.76. The molecule has 1 N–H and O–H groups in total. The number of rotatable bonds is 1. The highest BCUT2D eigenvalue weighted by Crippen LogP contribution is 2.30. The van der Waals surface area contributed by atoms with Crippen LogP contribution >= 0.6 is 11.5 Å². The highest BCUT2D eigenvalue weighted by molar-refractivity contribution is 7.03. The standard InChI is InChI=1S/C9H14N2OS/c1-9(2)8(10-4-5-12-9)7-3-6-13-11-7/h3,6,8,10H,4-5H2,1-2H3. The first kappa shape index (κ1) is 9.12. The first-order chi connectivity index (χ1) is 6.20. The topological polar surface area (TPSA) is 34.1 Å². The van der Waals surface area contributed by atoms with Crippen LogP contribution in [0.5, 0.6) is 0 Å². The molecule has 4 heteroatoms. The van der Waals surface area contributed by atoms with E-state index >= 15 is 0 Å². The second-order valence-corrected chi connectivity index (χ2v) is 4.43. The summed E-state index contributed by atoms with van der Waals surface area (Å²) in [5, 5.41) is 5.43. The van der Waals surface area contributed by atoms with Crippen LogP contribution in [-0.2, 0) is 4.74 Å². The van der Waals surface area contributed by atoms with Gasteiger partial charge in [-0.1, -0.05) is 0 Å². The van der Waals surface area contributed by atoms with Crippen LogP contribution in [0.15, 0.2) is 11.4 Å². The molecule has 1 fully saturated rings. The van der Waals surface area contributed by atoms with Crippen molar-refractivity contribution in [1.82, 2.24) is 9.69 Å². The molecule has 1 unspecified atom stereocenters.